The molecule has 10 heteroatoms. The number of nitrogen functional groups attached to an aromatic ring is 1. The molecule has 4 aromatic rings. The molecule has 2 aromatic carbocycles. The predicted molar refractivity (Wildman–Crippen MR) is 137 cm³/mol. The molecular weight excluding hydrogens is 487 g/mol. The molecule has 0 fully saturated rings. The van der Waals surface area contributed by atoms with Gasteiger partial charge in [-0.15, -0.1) is 11.3 Å². The number of rotatable bonds is 10. The minimum absolute atomic E-state index is 0.249. The quantitative estimate of drug-likeness (QED) is 0.250. The van der Waals surface area contributed by atoms with Crippen molar-refractivity contribution in [3.63, 3.8) is 0 Å². The first-order valence-electron chi connectivity index (χ1n) is 10.9. The van der Waals surface area contributed by atoms with Crippen molar-refractivity contribution < 1.29 is 27.5 Å². The molecule has 0 aliphatic rings. The van der Waals surface area contributed by atoms with Gasteiger partial charge in [-0.05, 0) is 66.9 Å². The zero-order valence-electron chi connectivity index (χ0n) is 19.9. The first kappa shape index (κ1) is 24.7. The first-order chi connectivity index (χ1) is 16.8. The van der Waals surface area contributed by atoms with Gasteiger partial charge in [-0.1, -0.05) is 13.8 Å². The molecule has 0 amide bonds. The van der Waals surface area contributed by atoms with Gasteiger partial charge in [0.05, 0.1) is 20.5 Å². The second-order valence-electron chi connectivity index (χ2n) is 8.09. The van der Waals surface area contributed by atoms with Crippen molar-refractivity contribution in [2.45, 2.75) is 20.3 Å². The van der Waals surface area contributed by atoms with Crippen molar-refractivity contribution in [1.29, 1.82) is 0 Å². The second-order valence-corrected chi connectivity index (χ2v) is 11.0. The van der Waals surface area contributed by atoms with Crippen LogP contribution in [0, 0.1) is 5.92 Å². The lowest BCUT2D eigenvalue weighted by Gasteiger charge is -2.20. The number of furan rings is 1. The van der Waals surface area contributed by atoms with Gasteiger partial charge in [-0.2, -0.15) is 0 Å². The Hall–Kier alpha value is -3.42. The first-order valence-corrected chi connectivity index (χ1v) is 13.3. The maximum absolute atomic E-state index is 14.4. The molecule has 0 unspecified atom stereocenters. The second kappa shape index (κ2) is 10.5. The molecular formula is C25H27N2O6PS. The Morgan fingerprint density at radius 3 is 1.91 bits per heavy atom. The lowest BCUT2D eigenvalue weighted by atomic mass is 10.1. The van der Waals surface area contributed by atoms with Gasteiger partial charge in [0, 0.05) is 4.88 Å². The van der Waals surface area contributed by atoms with E-state index in [0.717, 1.165) is 11.3 Å². The normalized spacial score (nSPS) is 11.5. The van der Waals surface area contributed by atoms with Crippen LogP contribution < -0.4 is 29.6 Å². The molecule has 2 N–H and O–H groups in total. The Morgan fingerprint density at radius 1 is 0.914 bits per heavy atom. The summed E-state index contributed by atoms with van der Waals surface area (Å²) in [6, 6.07) is 15.1. The van der Waals surface area contributed by atoms with E-state index >= 15 is 0 Å². The van der Waals surface area contributed by atoms with Gasteiger partial charge in [0.25, 0.3) is 0 Å². The van der Waals surface area contributed by atoms with Crippen LogP contribution in [0.5, 0.6) is 23.0 Å². The maximum atomic E-state index is 14.4. The van der Waals surface area contributed by atoms with Crippen molar-refractivity contribution in [2.24, 2.45) is 5.92 Å². The summed E-state index contributed by atoms with van der Waals surface area (Å²) >= 11 is 1.38. The van der Waals surface area contributed by atoms with E-state index in [0.29, 0.717) is 45.5 Å². The van der Waals surface area contributed by atoms with Crippen molar-refractivity contribution in [1.82, 2.24) is 4.98 Å². The molecule has 4 rings (SSSR count). The topological polar surface area (TPSA) is 106 Å². The Morgan fingerprint density at radius 2 is 1.43 bits per heavy atom. The van der Waals surface area contributed by atoms with Crippen molar-refractivity contribution in [2.75, 3.05) is 20.0 Å². The third-order valence-electron chi connectivity index (χ3n) is 5.03. The van der Waals surface area contributed by atoms with E-state index in [9.17, 15) is 4.57 Å². The van der Waals surface area contributed by atoms with Crippen LogP contribution in [-0.2, 0) is 11.0 Å². The molecule has 0 saturated heterocycles. The number of hydrogen-bond donors (Lipinski definition) is 1. The maximum Gasteiger partial charge on any atom is 0.466 e. The van der Waals surface area contributed by atoms with Gasteiger partial charge in [0.1, 0.15) is 34.0 Å². The van der Waals surface area contributed by atoms with Gasteiger partial charge in [0.2, 0.25) is 0 Å². The van der Waals surface area contributed by atoms with Crippen LogP contribution in [0.3, 0.4) is 0 Å². The number of anilines is 1. The summed E-state index contributed by atoms with van der Waals surface area (Å²) < 4.78 is 42.7. The molecule has 2 heterocycles. The average molecular weight is 515 g/mol. The summed E-state index contributed by atoms with van der Waals surface area (Å²) in [7, 11) is -0.876. The monoisotopic (exact) mass is 514 g/mol. The average Bonchev–Trinajstić information content (AvgIpc) is 3.46. The van der Waals surface area contributed by atoms with Gasteiger partial charge in [0.15, 0.2) is 10.9 Å². The van der Waals surface area contributed by atoms with Crippen LogP contribution in [0.1, 0.15) is 18.7 Å². The number of thiazole rings is 1. The van der Waals surface area contributed by atoms with Crippen LogP contribution >= 0.6 is 18.9 Å². The molecule has 0 radical (unpaired) electrons. The van der Waals surface area contributed by atoms with Crippen molar-refractivity contribution in [3.05, 3.63) is 65.7 Å². The zero-order chi connectivity index (χ0) is 25.0. The Balaban J connectivity index is 1.78. The fourth-order valence-electron chi connectivity index (χ4n) is 3.42. The Labute approximate surface area is 208 Å². The van der Waals surface area contributed by atoms with Crippen molar-refractivity contribution in [3.8, 4) is 34.5 Å². The van der Waals surface area contributed by atoms with Crippen LogP contribution in [0.4, 0.5) is 5.13 Å². The summed E-state index contributed by atoms with van der Waals surface area (Å²) in [6.45, 7) is 4.21. The molecule has 184 valence electrons. The van der Waals surface area contributed by atoms with E-state index < -0.39 is 7.60 Å². The molecule has 35 heavy (non-hydrogen) atoms. The highest BCUT2D eigenvalue weighted by Gasteiger charge is 2.38. The van der Waals surface area contributed by atoms with Crippen LogP contribution in [0.2, 0.25) is 0 Å². The summed E-state index contributed by atoms with van der Waals surface area (Å²) in [6.07, 6.45) is 2.19. The van der Waals surface area contributed by atoms with E-state index in [1.807, 2.05) is 0 Å². The zero-order valence-corrected chi connectivity index (χ0v) is 21.6. The van der Waals surface area contributed by atoms with Crippen LogP contribution in [-0.4, -0.2) is 19.2 Å². The molecule has 0 atom stereocenters. The summed E-state index contributed by atoms with van der Waals surface area (Å²) in [4.78, 5) is 5.42. The van der Waals surface area contributed by atoms with Crippen molar-refractivity contribution >= 4 is 29.4 Å². The van der Waals surface area contributed by atoms with E-state index in [-0.39, 0.29) is 5.30 Å². The standard InChI is InChI=1S/C25H27N2O6PS/c1-16(2)15-22-23(27-25(26)35-22)24-21(13-14-31-24)34(28,32-19-9-5-17(29-3)6-10-19)33-20-11-7-18(30-4)8-12-20/h5-14,16H,15H2,1-4H3,(H2,26,27). The molecule has 0 aliphatic heterocycles. The summed E-state index contributed by atoms with van der Waals surface area (Å²) in [5.41, 5.74) is 6.57. The minimum Gasteiger partial charge on any atom is -0.497 e. The predicted octanol–water partition coefficient (Wildman–Crippen LogP) is 6.18. The van der Waals surface area contributed by atoms with Gasteiger partial charge in [-0.25, -0.2) is 9.55 Å². The number of nitrogens with two attached hydrogens (primary N) is 1. The third-order valence-corrected chi connectivity index (χ3v) is 7.78. The van der Waals surface area contributed by atoms with E-state index in [4.69, 9.17) is 28.7 Å². The van der Waals surface area contributed by atoms with Crippen LogP contribution in [0.15, 0.2) is 65.3 Å². The molecule has 0 bridgehead atoms. The van der Waals surface area contributed by atoms with E-state index in [1.54, 1.807) is 68.8 Å². The molecule has 0 saturated carbocycles. The third kappa shape index (κ3) is 5.63. The number of ether oxygens (including phenoxy) is 2. The highest BCUT2D eigenvalue weighted by molar-refractivity contribution is 7.63. The van der Waals surface area contributed by atoms with Gasteiger partial charge in [-0.3, -0.25) is 0 Å². The van der Waals surface area contributed by atoms with E-state index in [1.165, 1.54) is 17.6 Å². The SMILES string of the molecule is COc1ccc(OP(=O)(Oc2ccc(OC)cc2)c2ccoc2-c2nc(N)sc2CC(C)C)cc1. The molecule has 8 nitrogen and oxygen atoms in total. The van der Waals surface area contributed by atoms with Gasteiger partial charge >= 0.3 is 7.60 Å². The van der Waals surface area contributed by atoms with E-state index in [2.05, 4.69) is 18.8 Å². The number of nitrogens with zero attached hydrogens (tertiary/aromatic N) is 1. The van der Waals surface area contributed by atoms with Crippen LogP contribution in [0.25, 0.3) is 11.5 Å². The Kier molecular flexibility index (Phi) is 7.38. The minimum atomic E-state index is -4.01. The highest BCUT2D eigenvalue weighted by Crippen LogP contribution is 2.51. The molecule has 0 spiro atoms. The fourth-order valence-corrected chi connectivity index (χ4v) is 6.14. The number of aromatic nitrogens is 1. The summed E-state index contributed by atoms with van der Waals surface area (Å²) in [5, 5.41) is 0.652. The summed E-state index contributed by atoms with van der Waals surface area (Å²) in [5.74, 6) is 2.64. The number of benzene rings is 2. The molecule has 2 aromatic heterocycles. The number of methoxy groups -OCH3 is 2. The fraction of sp³-hybridized carbons (Fsp3) is 0.240. The number of hydrogen-bond acceptors (Lipinski definition) is 9. The van der Waals surface area contributed by atoms with Gasteiger partial charge < -0.3 is 28.7 Å². The highest BCUT2D eigenvalue weighted by atomic mass is 32.1. The largest absolute Gasteiger partial charge is 0.497 e. The lowest BCUT2D eigenvalue weighted by molar-refractivity contribution is 0.394. The molecule has 0 aliphatic carbocycles. The lowest BCUT2D eigenvalue weighted by Crippen LogP contribution is -2.16. The smallest absolute Gasteiger partial charge is 0.466 e. The Bertz CT molecular complexity index is 1260.